The number of aromatic nitrogens is 1. The molecule has 3 aromatic carbocycles. The molecule has 1 atom stereocenters. The van der Waals surface area contributed by atoms with E-state index in [9.17, 15) is 14.7 Å². The molecule has 0 saturated carbocycles. The Morgan fingerprint density at radius 2 is 1.66 bits per heavy atom. The van der Waals surface area contributed by atoms with Gasteiger partial charge in [-0.3, -0.25) is 4.79 Å². The number of ketones is 1. The Kier molecular flexibility index (Phi) is 8.72. The summed E-state index contributed by atoms with van der Waals surface area (Å²) in [6.45, 7) is 4.01. The highest BCUT2D eigenvalue weighted by molar-refractivity contribution is 6.04. The molecule has 0 radical (unpaired) electrons. The molecule has 0 bridgehead atoms. The van der Waals surface area contributed by atoms with Crippen molar-refractivity contribution < 1.29 is 23.8 Å². The Hall–Kier alpha value is -4.65. The second kappa shape index (κ2) is 12.5. The molecule has 0 aliphatic carbocycles. The van der Waals surface area contributed by atoms with Gasteiger partial charge in [-0.1, -0.05) is 60.7 Å². The number of rotatable bonds is 12. The zero-order chi connectivity index (χ0) is 26.9. The number of aliphatic carboxylic acids is 1. The lowest BCUT2D eigenvalue weighted by Gasteiger charge is -2.16. The number of oxazole rings is 1. The van der Waals surface area contributed by atoms with E-state index >= 15 is 0 Å². The molecule has 0 aliphatic heterocycles. The summed E-state index contributed by atoms with van der Waals surface area (Å²) in [6, 6.07) is 25.1. The summed E-state index contributed by atoms with van der Waals surface area (Å²) >= 11 is 0. The lowest BCUT2D eigenvalue weighted by molar-refractivity contribution is -0.139. The summed E-state index contributed by atoms with van der Waals surface area (Å²) in [4.78, 5) is 28.8. The van der Waals surface area contributed by atoms with Crippen LogP contribution in [0.5, 0.6) is 5.75 Å². The van der Waals surface area contributed by atoms with Gasteiger partial charge >= 0.3 is 5.97 Å². The first-order valence-electron chi connectivity index (χ1n) is 12.4. The summed E-state index contributed by atoms with van der Waals surface area (Å²) in [5, 5.41) is 12.6. The van der Waals surface area contributed by atoms with Gasteiger partial charge in [-0.05, 0) is 43.7 Å². The molecule has 4 aromatic rings. The van der Waals surface area contributed by atoms with E-state index in [0.29, 0.717) is 35.9 Å². The average molecular weight is 511 g/mol. The van der Waals surface area contributed by atoms with E-state index in [4.69, 9.17) is 9.15 Å². The van der Waals surface area contributed by atoms with Gasteiger partial charge < -0.3 is 19.6 Å². The monoisotopic (exact) mass is 510 g/mol. The van der Waals surface area contributed by atoms with Crippen molar-refractivity contribution in [3.05, 3.63) is 119 Å². The zero-order valence-electron chi connectivity index (χ0n) is 21.4. The number of hydrogen-bond donors (Lipinski definition) is 2. The maximum absolute atomic E-state index is 12.4. The van der Waals surface area contributed by atoms with Crippen molar-refractivity contribution in [2.24, 2.45) is 0 Å². The molecule has 4 rings (SSSR count). The molecule has 0 spiro atoms. The van der Waals surface area contributed by atoms with Crippen molar-refractivity contribution >= 4 is 11.8 Å². The number of allylic oxidation sites excluding steroid dienone is 2. The molecule has 0 unspecified atom stereocenters. The van der Waals surface area contributed by atoms with Crippen LogP contribution in [0.1, 0.15) is 34.3 Å². The van der Waals surface area contributed by atoms with Crippen molar-refractivity contribution in [3.8, 4) is 17.2 Å². The van der Waals surface area contributed by atoms with Crippen molar-refractivity contribution in [3.63, 3.8) is 0 Å². The molecule has 2 N–H and O–H groups in total. The van der Waals surface area contributed by atoms with Crippen LogP contribution < -0.4 is 10.1 Å². The summed E-state index contributed by atoms with van der Waals surface area (Å²) in [5.41, 5.74) is 3.65. The number of carbonyl (C=O) groups is 2. The lowest BCUT2D eigenvalue weighted by atomic mass is 10.1. The predicted molar refractivity (Wildman–Crippen MR) is 145 cm³/mol. The minimum absolute atomic E-state index is 0.182. The van der Waals surface area contributed by atoms with E-state index < -0.39 is 12.0 Å². The molecule has 38 heavy (non-hydrogen) atoms. The third-order valence-electron chi connectivity index (χ3n) is 5.99. The summed E-state index contributed by atoms with van der Waals surface area (Å²) in [5.74, 6) is 0.868. The van der Waals surface area contributed by atoms with Gasteiger partial charge in [0.25, 0.3) is 0 Å². The smallest absolute Gasteiger partial charge is 0.326 e. The maximum Gasteiger partial charge on any atom is 0.326 e. The first-order valence-corrected chi connectivity index (χ1v) is 12.4. The molecule has 7 nitrogen and oxygen atoms in total. The number of nitrogens with one attached hydrogen (secondary N) is 1. The number of ether oxygens (including phenoxy) is 1. The Morgan fingerprint density at radius 1 is 1.00 bits per heavy atom. The fraction of sp³-hybridized carbons (Fsp3) is 0.194. The molecular formula is C31H30N2O5. The Labute approximate surface area is 221 Å². The van der Waals surface area contributed by atoms with Crippen molar-refractivity contribution in [1.82, 2.24) is 10.3 Å². The maximum atomic E-state index is 12.4. The van der Waals surface area contributed by atoms with Gasteiger partial charge in [0.15, 0.2) is 5.78 Å². The van der Waals surface area contributed by atoms with Crippen LogP contribution in [0.15, 0.2) is 101 Å². The topological polar surface area (TPSA) is 102 Å². The number of carboxylic acid groups (broad SMARTS) is 1. The lowest BCUT2D eigenvalue weighted by Crippen LogP contribution is -2.37. The second-order valence-corrected chi connectivity index (χ2v) is 8.93. The normalized spacial score (nSPS) is 12.1. The van der Waals surface area contributed by atoms with Crippen LogP contribution >= 0.6 is 0 Å². The van der Waals surface area contributed by atoms with Gasteiger partial charge in [0.05, 0.1) is 12.3 Å². The standard InChI is InChI=1S/C31H30N2O5/c1-21(19-29(34)24-9-5-3-6-10-24)32-28(31(35)36)20-23-13-15-26(16-14-23)37-18-17-27-22(2)38-30(33-27)25-11-7-4-8-12-25/h3-16,19,28,32H,17-18,20H2,1-2H3,(H,35,36)/b21-19-/t28-/m0/s1. The third kappa shape index (κ3) is 7.20. The quantitative estimate of drug-likeness (QED) is 0.188. The van der Waals surface area contributed by atoms with Crippen LogP contribution in [0, 0.1) is 6.92 Å². The van der Waals surface area contributed by atoms with E-state index in [1.54, 1.807) is 31.2 Å². The molecule has 1 aromatic heterocycles. The molecule has 1 heterocycles. The highest BCUT2D eigenvalue weighted by Gasteiger charge is 2.18. The average Bonchev–Trinajstić information content (AvgIpc) is 3.30. The Morgan fingerprint density at radius 3 is 2.32 bits per heavy atom. The highest BCUT2D eigenvalue weighted by Crippen LogP contribution is 2.22. The number of aryl methyl sites for hydroxylation is 1. The fourth-order valence-corrected chi connectivity index (χ4v) is 3.99. The third-order valence-corrected chi connectivity index (χ3v) is 5.99. The molecule has 0 fully saturated rings. The Balaban J connectivity index is 1.30. The van der Waals surface area contributed by atoms with Crippen molar-refractivity contribution in [1.29, 1.82) is 0 Å². The van der Waals surface area contributed by atoms with Crippen LogP contribution in [-0.4, -0.2) is 34.5 Å². The summed E-state index contributed by atoms with van der Waals surface area (Å²) < 4.78 is 11.7. The van der Waals surface area contributed by atoms with Crippen LogP contribution in [0.25, 0.3) is 11.5 Å². The number of carboxylic acids is 1. The first kappa shape index (κ1) is 26.4. The van der Waals surface area contributed by atoms with Crippen LogP contribution in [0.2, 0.25) is 0 Å². The number of benzene rings is 3. The van der Waals surface area contributed by atoms with Gasteiger partial charge in [0, 0.05) is 35.7 Å². The van der Waals surface area contributed by atoms with E-state index in [1.165, 1.54) is 6.08 Å². The predicted octanol–water partition coefficient (Wildman–Crippen LogP) is 5.64. The highest BCUT2D eigenvalue weighted by atomic mass is 16.5. The molecular weight excluding hydrogens is 480 g/mol. The number of carbonyl (C=O) groups excluding carboxylic acids is 1. The van der Waals surface area contributed by atoms with Crippen LogP contribution in [-0.2, 0) is 17.6 Å². The van der Waals surface area contributed by atoms with E-state index in [-0.39, 0.29) is 12.2 Å². The van der Waals surface area contributed by atoms with Gasteiger partial charge in [0.2, 0.25) is 5.89 Å². The molecule has 0 amide bonds. The molecule has 0 aliphatic rings. The second-order valence-electron chi connectivity index (χ2n) is 8.93. The van der Waals surface area contributed by atoms with Crippen LogP contribution in [0.3, 0.4) is 0 Å². The largest absolute Gasteiger partial charge is 0.493 e. The first-order chi connectivity index (χ1) is 18.4. The van der Waals surface area contributed by atoms with Gasteiger partial charge in [-0.2, -0.15) is 0 Å². The zero-order valence-corrected chi connectivity index (χ0v) is 21.4. The number of hydrogen-bond acceptors (Lipinski definition) is 6. The Bertz CT molecular complexity index is 1390. The van der Waals surface area contributed by atoms with E-state index in [1.807, 2.05) is 67.6 Å². The van der Waals surface area contributed by atoms with Gasteiger partial charge in [-0.25, -0.2) is 9.78 Å². The van der Waals surface area contributed by atoms with Gasteiger partial charge in [-0.15, -0.1) is 0 Å². The minimum Gasteiger partial charge on any atom is -0.493 e. The van der Waals surface area contributed by atoms with Crippen molar-refractivity contribution in [2.75, 3.05) is 6.61 Å². The van der Waals surface area contributed by atoms with E-state index in [2.05, 4.69) is 10.3 Å². The van der Waals surface area contributed by atoms with E-state index in [0.717, 1.165) is 22.6 Å². The summed E-state index contributed by atoms with van der Waals surface area (Å²) in [7, 11) is 0. The fourth-order valence-electron chi connectivity index (χ4n) is 3.99. The minimum atomic E-state index is -0.997. The van der Waals surface area contributed by atoms with Crippen molar-refractivity contribution in [2.45, 2.75) is 32.7 Å². The molecule has 0 saturated heterocycles. The summed E-state index contributed by atoms with van der Waals surface area (Å²) in [6.07, 6.45) is 2.27. The SMILES string of the molecule is C/C(=C/C(=O)c1ccccc1)N[C@@H](Cc1ccc(OCCc2nc(-c3ccccc3)oc2C)cc1)C(=O)O. The van der Waals surface area contributed by atoms with Gasteiger partial charge in [0.1, 0.15) is 17.6 Å². The van der Waals surface area contributed by atoms with Crippen LogP contribution in [0.4, 0.5) is 0 Å². The molecule has 7 heteroatoms. The molecule has 194 valence electrons. The number of nitrogens with zero attached hydrogens (tertiary/aromatic N) is 1.